The molecule has 1 aliphatic rings. The number of anilines is 1. The summed E-state index contributed by atoms with van der Waals surface area (Å²) in [6.07, 6.45) is 0. The van der Waals surface area contributed by atoms with Crippen molar-refractivity contribution in [2.45, 2.75) is 9.79 Å². The molecule has 18 heavy (non-hydrogen) atoms. The molecule has 0 bridgehead atoms. The van der Waals surface area contributed by atoms with Crippen LogP contribution in [0, 0.1) is 0 Å². The Morgan fingerprint density at radius 3 is 2.67 bits per heavy atom. The van der Waals surface area contributed by atoms with Gasteiger partial charge in [0.1, 0.15) is 0 Å². The fourth-order valence-electron chi connectivity index (χ4n) is 1.94. The quantitative estimate of drug-likeness (QED) is 0.663. The first-order valence-corrected chi connectivity index (χ1v) is 6.62. The maximum atomic E-state index is 4.68. The molecular formula is C15H14N2S. The first kappa shape index (κ1) is 11.4. The van der Waals surface area contributed by atoms with E-state index in [0.29, 0.717) is 0 Å². The molecule has 2 aromatic carbocycles. The molecule has 1 aliphatic heterocycles. The van der Waals surface area contributed by atoms with Gasteiger partial charge in [0.25, 0.3) is 0 Å². The van der Waals surface area contributed by atoms with Gasteiger partial charge in [0.15, 0.2) is 0 Å². The van der Waals surface area contributed by atoms with Gasteiger partial charge in [0.05, 0.1) is 11.0 Å². The van der Waals surface area contributed by atoms with Crippen LogP contribution in [0.4, 0.5) is 11.4 Å². The van der Waals surface area contributed by atoms with Gasteiger partial charge in [-0.2, -0.15) is 0 Å². The standard InChI is InChI=1S/C15H14N2S/c1-10-4-6-12-14(8-10)18-15-9-11(17(2)3)5-7-13(15)16-12/h4-9H,1H2,2-3H3. The average molecular weight is 254 g/mol. The lowest BCUT2D eigenvalue weighted by atomic mass is 10.2. The molecule has 0 unspecified atom stereocenters. The molecule has 1 heterocycles. The molecule has 90 valence electrons. The predicted octanol–water partition coefficient (Wildman–Crippen LogP) is 2.58. The summed E-state index contributed by atoms with van der Waals surface area (Å²) in [6, 6.07) is 12.5. The van der Waals surface area contributed by atoms with Crippen LogP contribution in [-0.2, 0) is 0 Å². The molecular weight excluding hydrogens is 240 g/mol. The van der Waals surface area contributed by atoms with Gasteiger partial charge in [-0.1, -0.05) is 24.4 Å². The Bertz CT molecular complexity index is 720. The van der Waals surface area contributed by atoms with E-state index in [1.807, 2.05) is 26.2 Å². The van der Waals surface area contributed by atoms with Gasteiger partial charge in [0, 0.05) is 29.6 Å². The molecule has 2 aromatic rings. The average Bonchev–Trinajstić information content (AvgIpc) is 2.35. The fraction of sp³-hybridized carbons (Fsp3) is 0.133. The molecule has 0 aromatic heterocycles. The van der Waals surface area contributed by atoms with Crippen molar-refractivity contribution in [2.75, 3.05) is 19.0 Å². The van der Waals surface area contributed by atoms with E-state index in [0.717, 1.165) is 16.3 Å². The van der Waals surface area contributed by atoms with E-state index < -0.39 is 0 Å². The van der Waals surface area contributed by atoms with Crippen LogP contribution >= 0.6 is 11.8 Å². The van der Waals surface area contributed by atoms with Crippen LogP contribution in [0.5, 0.6) is 0 Å². The molecule has 0 saturated carbocycles. The van der Waals surface area contributed by atoms with Gasteiger partial charge in [-0.25, -0.2) is 4.99 Å². The predicted molar refractivity (Wildman–Crippen MR) is 77.3 cm³/mol. The highest BCUT2D eigenvalue weighted by Crippen LogP contribution is 2.38. The molecule has 0 radical (unpaired) electrons. The second-order valence-electron chi connectivity index (χ2n) is 4.56. The highest BCUT2D eigenvalue weighted by molar-refractivity contribution is 7.99. The number of nitrogens with zero attached hydrogens (tertiary/aromatic N) is 2. The van der Waals surface area contributed by atoms with Crippen LogP contribution in [0.1, 0.15) is 0 Å². The molecule has 0 amide bonds. The molecule has 0 saturated heterocycles. The van der Waals surface area contributed by atoms with Crippen molar-refractivity contribution in [3.05, 3.63) is 47.0 Å². The number of benzene rings is 2. The zero-order valence-electron chi connectivity index (χ0n) is 10.5. The zero-order chi connectivity index (χ0) is 12.7. The number of hydrogen-bond acceptors (Lipinski definition) is 3. The van der Waals surface area contributed by atoms with Gasteiger partial charge in [-0.05, 0) is 35.6 Å². The molecule has 0 spiro atoms. The van der Waals surface area contributed by atoms with Gasteiger partial charge < -0.3 is 4.90 Å². The summed E-state index contributed by atoms with van der Waals surface area (Å²) >= 11 is 1.77. The van der Waals surface area contributed by atoms with Crippen LogP contribution in [0.15, 0.2) is 51.2 Å². The maximum Gasteiger partial charge on any atom is 0.0778 e. The van der Waals surface area contributed by atoms with Crippen molar-refractivity contribution in [1.29, 1.82) is 0 Å². The highest BCUT2D eigenvalue weighted by atomic mass is 32.2. The molecule has 0 atom stereocenters. The Labute approximate surface area is 111 Å². The fourth-order valence-corrected chi connectivity index (χ4v) is 3.00. The summed E-state index contributed by atoms with van der Waals surface area (Å²) in [5.74, 6) is 0. The summed E-state index contributed by atoms with van der Waals surface area (Å²) in [4.78, 5) is 9.18. The molecule has 0 fully saturated rings. The first-order valence-electron chi connectivity index (χ1n) is 5.80. The van der Waals surface area contributed by atoms with E-state index >= 15 is 0 Å². The van der Waals surface area contributed by atoms with Crippen LogP contribution in [0.2, 0.25) is 0 Å². The van der Waals surface area contributed by atoms with E-state index in [9.17, 15) is 0 Å². The first-order chi connectivity index (χ1) is 8.63. The molecule has 3 heteroatoms. The normalized spacial score (nSPS) is 12.3. The molecule has 3 rings (SSSR count). The Morgan fingerprint density at radius 1 is 1.06 bits per heavy atom. The van der Waals surface area contributed by atoms with Crippen molar-refractivity contribution in [1.82, 2.24) is 0 Å². The van der Waals surface area contributed by atoms with Crippen LogP contribution in [0.3, 0.4) is 0 Å². The number of rotatable bonds is 1. The van der Waals surface area contributed by atoms with Gasteiger partial charge >= 0.3 is 0 Å². The zero-order valence-corrected chi connectivity index (χ0v) is 11.3. The van der Waals surface area contributed by atoms with Gasteiger partial charge in [0.2, 0.25) is 0 Å². The van der Waals surface area contributed by atoms with Crippen molar-refractivity contribution in [3.8, 4) is 0 Å². The highest BCUT2D eigenvalue weighted by Gasteiger charge is 2.12. The lowest BCUT2D eigenvalue weighted by molar-refractivity contribution is 1.11. The Balaban J connectivity index is 2.18. The van der Waals surface area contributed by atoms with Crippen molar-refractivity contribution in [3.63, 3.8) is 0 Å². The van der Waals surface area contributed by atoms with E-state index in [-0.39, 0.29) is 0 Å². The lowest BCUT2D eigenvalue weighted by Gasteiger charge is -2.17. The van der Waals surface area contributed by atoms with E-state index in [1.54, 1.807) is 11.8 Å². The lowest BCUT2D eigenvalue weighted by Crippen LogP contribution is -2.13. The van der Waals surface area contributed by atoms with Crippen molar-refractivity contribution >= 4 is 29.7 Å². The summed E-state index contributed by atoms with van der Waals surface area (Å²) in [7, 11) is 4.10. The summed E-state index contributed by atoms with van der Waals surface area (Å²) < 4.78 is 0. The minimum Gasteiger partial charge on any atom is -0.378 e. The minimum atomic E-state index is 1.03. The van der Waals surface area contributed by atoms with Crippen LogP contribution in [-0.4, -0.2) is 14.1 Å². The Morgan fingerprint density at radius 2 is 1.89 bits per heavy atom. The van der Waals surface area contributed by atoms with E-state index in [4.69, 9.17) is 0 Å². The van der Waals surface area contributed by atoms with E-state index in [2.05, 4.69) is 40.7 Å². The minimum absolute atomic E-state index is 1.03. The molecule has 0 aliphatic carbocycles. The Hall–Kier alpha value is -1.74. The van der Waals surface area contributed by atoms with E-state index in [1.165, 1.54) is 15.5 Å². The number of hydrogen-bond donors (Lipinski definition) is 0. The maximum absolute atomic E-state index is 4.68. The third-order valence-corrected chi connectivity index (χ3v) is 4.04. The monoisotopic (exact) mass is 254 g/mol. The smallest absolute Gasteiger partial charge is 0.0778 e. The van der Waals surface area contributed by atoms with Crippen LogP contribution < -0.4 is 15.5 Å². The second-order valence-corrected chi connectivity index (χ2v) is 5.65. The van der Waals surface area contributed by atoms with Crippen molar-refractivity contribution in [2.24, 2.45) is 4.99 Å². The third-order valence-electron chi connectivity index (χ3n) is 2.94. The number of fused-ring (bicyclic) bond motifs is 2. The molecule has 2 nitrogen and oxygen atoms in total. The second kappa shape index (κ2) is 4.18. The largest absolute Gasteiger partial charge is 0.378 e. The summed E-state index contributed by atoms with van der Waals surface area (Å²) in [6.45, 7) is 3.97. The SMILES string of the molecule is C=c1ccc2c(c1)Sc1cc(N(C)C)ccc1N=2. The summed E-state index contributed by atoms with van der Waals surface area (Å²) in [5.41, 5.74) is 2.25. The van der Waals surface area contributed by atoms with Crippen LogP contribution in [0.25, 0.3) is 6.58 Å². The summed E-state index contributed by atoms with van der Waals surface area (Å²) in [5, 5.41) is 2.07. The van der Waals surface area contributed by atoms with Gasteiger partial charge in [-0.3, -0.25) is 0 Å². The van der Waals surface area contributed by atoms with Gasteiger partial charge in [-0.15, -0.1) is 0 Å². The molecule has 0 N–H and O–H groups in total. The topological polar surface area (TPSA) is 15.6 Å². The third kappa shape index (κ3) is 1.91. The Kier molecular flexibility index (Phi) is 2.63. The van der Waals surface area contributed by atoms with Crippen molar-refractivity contribution < 1.29 is 0 Å².